The van der Waals surface area contributed by atoms with Crippen molar-refractivity contribution in [3.63, 3.8) is 0 Å². The van der Waals surface area contributed by atoms with E-state index in [-0.39, 0.29) is 18.2 Å². The van der Waals surface area contributed by atoms with Crippen molar-refractivity contribution in [1.82, 2.24) is 10.6 Å². The minimum Gasteiger partial charge on any atom is -0.344 e. The molecule has 178 valence electrons. The molecule has 0 aromatic heterocycles. The zero-order valence-electron chi connectivity index (χ0n) is 20.0. The van der Waals surface area contributed by atoms with Crippen molar-refractivity contribution < 1.29 is 14.4 Å². The number of nitrogens with one attached hydrogen (secondary N) is 2. The fourth-order valence-electron chi connectivity index (χ4n) is 4.04. The van der Waals surface area contributed by atoms with Gasteiger partial charge in [-0.1, -0.05) is 72.8 Å². The smallest absolute Gasteiger partial charge is 0.272 e. The molecule has 35 heavy (non-hydrogen) atoms. The Morgan fingerprint density at radius 2 is 1.63 bits per heavy atom. The number of para-hydroxylation sites is 1. The van der Waals surface area contributed by atoms with Gasteiger partial charge < -0.3 is 15.5 Å². The van der Waals surface area contributed by atoms with E-state index < -0.39 is 18.1 Å². The first-order valence-corrected chi connectivity index (χ1v) is 11.5. The number of carbonyl (C=O) groups excluding carboxylic acids is 3. The molecule has 0 saturated heterocycles. The summed E-state index contributed by atoms with van der Waals surface area (Å²) in [6.45, 7) is 3.53. The fourth-order valence-corrected chi connectivity index (χ4v) is 4.04. The van der Waals surface area contributed by atoms with Crippen molar-refractivity contribution in [2.75, 3.05) is 11.9 Å². The molecule has 4 rings (SSSR count). The Labute approximate surface area is 204 Å². The maximum atomic E-state index is 13.3. The molecule has 1 heterocycles. The van der Waals surface area contributed by atoms with Gasteiger partial charge in [0.25, 0.3) is 5.91 Å². The summed E-state index contributed by atoms with van der Waals surface area (Å²) in [5, 5.41) is 5.44. The maximum absolute atomic E-state index is 13.3. The molecule has 3 aromatic rings. The maximum Gasteiger partial charge on any atom is 0.272 e. The summed E-state index contributed by atoms with van der Waals surface area (Å²) in [6, 6.07) is 23.8. The Kier molecular flexibility index (Phi) is 7.06. The molecule has 0 fully saturated rings. The van der Waals surface area contributed by atoms with Gasteiger partial charge in [0.2, 0.25) is 18.0 Å². The number of anilines is 1. The SMILES string of the molecule is Cc1ccccc1CC(=O)N[C@@H](C)C(=O)NC1N=C(c2ccccc2)c2ccccc2N(C)C1=O. The third-order valence-corrected chi connectivity index (χ3v) is 6.05. The van der Waals surface area contributed by atoms with E-state index in [1.165, 1.54) is 4.90 Å². The fraction of sp³-hybridized carbons (Fsp3) is 0.214. The van der Waals surface area contributed by atoms with Gasteiger partial charge in [-0.15, -0.1) is 0 Å². The number of benzene rings is 3. The lowest BCUT2D eigenvalue weighted by Gasteiger charge is -2.22. The van der Waals surface area contributed by atoms with Crippen LogP contribution in [-0.2, 0) is 20.8 Å². The molecular weight excluding hydrogens is 440 g/mol. The summed E-state index contributed by atoms with van der Waals surface area (Å²) < 4.78 is 0. The lowest BCUT2D eigenvalue weighted by atomic mass is 10.0. The van der Waals surface area contributed by atoms with Crippen LogP contribution < -0.4 is 15.5 Å². The van der Waals surface area contributed by atoms with Crippen LogP contribution in [0.1, 0.15) is 29.2 Å². The van der Waals surface area contributed by atoms with E-state index in [1.54, 1.807) is 14.0 Å². The molecule has 3 amide bonds. The Morgan fingerprint density at radius 3 is 2.37 bits per heavy atom. The first kappa shape index (κ1) is 23.9. The quantitative estimate of drug-likeness (QED) is 0.583. The predicted molar refractivity (Wildman–Crippen MR) is 136 cm³/mol. The molecule has 3 aromatic carbocycles. The molecule has 1 aliphatic rings. The number of hydrogen-bond acceptors (Lipinski definition) is 4. The average molecular weight is 469 g/mol. The van der Waals surface area contributed by atoms with E-state index in [4.69, 9.17) is 0 Å². The number of hydrogen-bond donors (Lipinski definition) is 2. The molecule has 0 radical (unpaired) electrons. The Morgan fingerprint density at radius 1 is 0.971 bits per heavy atom. The van der Waals surface area contributed by atoms with Gasteiger partial charge in [-0.3, -0.25) is 14.4 Å². The minimum atomic E-state index is -1.13. The topological polar surface area (TPSA) is 90.9 Å². The van der Waals surface area contributed by atoms with E-state index in [0.717, 1.165) is 22.3 Å². The van der Waals surface area contributed by atoms with Crippen LogP contribution in [0.3, 0.4) is 0 Å². The number of aliphatic imine (C=N–C) groups is 1. The number of likely N-dealkylation sites (N-methyl/N-ethyl adjacent to an activating group) is 1. The van der Waals surface area contributed by atoms with Gasteiger partial charge in [-0.25, -0.2) is 4.99 Å². The van der Waals surface area contributed by atoms with Crippen LogP contribution in [0.15, 0.2) is 83.9 Å². The number of benzodiazepines with no additional fused rings is 1. The van der Waals surface area contributed by atoms with E-state index in [1.807, 2.05) is 85.8 Å². The zero-order valence-corrected chi connectivity index (χ0v) is 20.0. The summed E-state index contributed by atoms with van der Waals surface area (Å²) in [4.78, 5) is 45.0. The summed E-state index contributed by atoms with van der Waals surface area (Å²) in [7, 11) is 1.66. The van der Waals surface area contributed by atoms with Gasteiger partial charge in [-0.05, 0) is 31.0 Å². The van der Waals surface area contributed by atoms with Crippen molar-refractivity contribution in [2.24, 2.45) is 4.99 Å². The number of rotatable bonds is 6. The largest absolute Gasteiger partial charge is 0.344 e. The van der Waals surface area contributed by atoms with Crippen LogP contribution in [0.5, 0.6) is 0 Å². The Hall–Kier alpha value is -4.26. The molecule has 0 spiro atoms. The third kappa shape index (κ3) is 5.30. The van der Waals surface area contributed by atoms with Crippen molar-refractivity contribution in [3.05, 3.63) is 101 Å². The number of carbonyl (C=O) groups is 3. The van der Waals surface area contributed by atoms with E-state index in [0.29, 0.717) is 11.4 Å². The highest BCUT2D eigenvalue weighted by Gasteiger charge is 2.32. The number of aryl methyl sites for hydroxylation is 1. The number of fused-ring (bicyclic) bond motifs is 1. The van der Waals surface area contributed by atoms with Crippen LogP contribution in [0.25, 0.3) is 0 Å². The third-order valence-electron chi connectivity index (χ3n) is 6.05. The first-order valence-electron chi connectivity index (χ1n) is 11.5. The van der Waals surface area contributed by atoms with Gasteiger partial charge in [0.15, 0.2) is 0 Å². The summed E-state index contributed by atoms with van der Waals surface area (Å²) >= 11 is 0. The molecule has 7 heteroatoms. The highest BCUT2D eigenvalue weighted by Crippen LogP contribution is 2.27. The van der Waals surface area contributed by atoms with E-state index >= 15 is 0 Å². The lowest BCUT2D eigenvalue weighted by Crippen LogP contribution is -2.52. The van der Waals surface area contributed by atoms with Crippen LogP contribution in [-0.4, -0.2) is 42.7 Å². The molecular formula is C28H28N4O3. The molecule has 2 N–H and O–H groups in total. The predicted octanol–water partition coefficient (Wildman–Crippen LogP) is 3.00. The molecule has 1 aliphatic heterocycles. The lowest BCUT2D eigenvalue weighted by molar-refractivity contribution is -0.130. The molecule has 0 saturated carbocycles. The number of amides is 3. The van der Waals surface area contributed by atoms with Gasteiger partial charge in [0, 0.05) is 18.2 Å². The molecule has 1 unspecified atom stereocenters. The second-order valence-corrected chi connectivity index (χ2v) is 8.56. The zero-order chi connectivity index (χ0) is 24.9. The van der Waals surface area contributed by atoms with Crippen molar-refractivity contribution in [2.45, 2.75) is 32.5 Å². The van der Waals surface area contributed by atoms with Crippen LogP contribution in [0, 0.1) is 6.92 Å². The van der Waals surface area contributed by atoms with Crippen LogP contribution in [0.4, 0.5) is 5.69 Å². The average Bonchev–Trinajstić information content (AvgIpc) is 2.96. The number of nitrogens with zero attached hydrogens (tertiary/aromatic N) is 2. The summed E-state index contributed by atoms with van der Waals surface area (Å²) in [5.41, 5.74) is 4.85. The van der Waals surface area contributed by atoms with Crippen LogP contribution in [0.2, 0.25) is 0 Å². The highest BCUT2D eigenvalue weighted by molar-refractivity contribution is 6.20. The van der Waals surface area contributed by atoms with Crippen molar-refractivity contribution >= 4 is 29.1 Å². The standard InChI is InChI=1S/C28H28N4O3/c1-18-11-7-8-14-21(18)17-24(33)29-19(2)27(34)31-26-28(35)32(3)23-16-10-9-15-22(23)25(30-26)20-12-5-4-6-13-20/h4-16,19,26H,17H2,1-3H3,(H,29,33)(H,31,34)/t19-,26?/m0/s1. The van der Waals surface area contributed by atoms with Crippen molar-refractivity contribution in [3.8, 4) is 0 Å². The van der Waals surface area contributed by atoms with Gasteiger partial charge in [0.05, 0.1) is 17.8 Å². The first-order chi connectivity index (χ1) is 16.8. The second-order valence-electron chi connectivity index (χ2n) is 8.56. The Bertz CT molecular complexity index is 1290. The second kappa shape index (κ2) is 10.3. The molecule has 0 aliphatic carbocycles. The minimum absolute atomic E-state index is 0.168. The van der Waals surface area contributed by atoms with E-state index in [9.17, 15) is 14.4 Å². The highest BCUT2D eigenvalue weighted by atomic mass is 16.2. The normalized spacial score (nSPS) is 16.0. The molecule has 0 bridgehead atoms. The molecule has 2 atom stereocenters. The van der Waals surface area contributed by atoms with Gasteiger partial charge >= 0.3 is 0 Å². The van der Waals surface area contributed by atoms with Crippen LogP contribution >= 0.6 is 0 Å². The van der Waals surface area contributed by atoms with Gasteiger partial charge in [-0.2, -0.15) is 0 Å². The monoisotopic (exact) mass is 468 g/mol. The Balaban J connectivity index is 1.54. The van der Waals surface area contributed by atoms with Gasteiger partial charge in [0.1, 0.15) is 6.04 Å². The molecule has 7 nitrogen and oxygen atoms in total. The summed E-state index contributed by atoms with van der Waals surface area (Å²) in [5.74, 6) is -1.13. The summed E-state index contributed by atoms with van der Waals surface area (Å²) in [6.07, 6.45) is -0.966. The van der Waals surface area contributed by atoms with E-state index in [2.05, 4.69) is 15.6 Å². The van der Waals surface area contributed by atoms with Crippen molar-refractivity contribution in [1.29, 1.82) is 0 Å².